The summed E-state index contributed by atoms with van der Waals surface area (Å²) < 4.78 is 1.29. The topological polar surface area (TPSA) is 93.1 Å². The molecular weight excluding hydrogens is 388 g/mol. The van der Waals surface area contributed by atoms with Crippen LogP contribution >= 0.6 is 11.8 Å². The van der Waals surface area contributed by atoms with Gasteiger partial charge in [0.2, 0.25) is 5.91 Å². The highest BCUT2D eigenvalue weighted by Gasteiger charge is 2.17. The van der Waals surface area contributed by atoms with Gasteiger partial charge in [0, 0.05) is 29.0 Å². The summed E-state index contributed by atoms with van der Waals surface area (Å²) in [6, 6.07) is 16.6. The van der Waals surface area contributed by atoms with Crippen LogP contribution in [0, 0.1) is 0 Å². The minimum atomic E-state index is -0.560. The van der Waals surface area contributed by atoms with E-state index in [1.807, 2.05) is 37.3 Å². The first-order valence-electron chi connectivity index (χ1n) is 9.37. The highest BCUT2D eigenvalue weighted by Crippen LogP contribution is 2.17. The number of hydrogen-bond donors (Lipinski definition) is 2. The molecule has 0 unspecified atom stereocenters. The predicted octanol–water partition coefficient (Wildman–Crippen LogP) is 2.75. The third-order valence-corrected chi connectivity index (χ3v) is 5.19. The van der Waals surface area contributed by atoms with Crippen LogP contribution in [-0.2, 0) is 11.3 Å². The molecule has 0 spiro atoms. The molecule has 150 valence electrons. The maximum Gasteiger partial charge on any atom is 0.290 e. The average Bonchev–Trinajstić information content (AvgIpc) is 2.75. The second-order valence-corrected chi connectivity index (χ2v) is 7.50. The second kappa shape index (κ2) is 9.88. The Morgan fingerprint density at radius 1 is 1.00 bits per heavy atom. The van der Waals surface area contributed by atoms with Crippen molar-refractivity contribution in [3.05, 3.63) is 70.6 Å². The SMILES string of the molecule is CCCn1nc(C(=O)NNC(=O)CCSc2ccccc2)c2ccccc2c1=O. The zero-order valence-electron chi connectivity index (χ0n) is 16.1. The van der Waals surface area contributed by atoms with Crippen molar-refractivity contribution in [2.75, 3.05) is 5.75 Å². The minimum absolute atomic E-state index is 0.104. The van der Waals surface area contributed by atoms with Gasteiger partial charge in [-0.1, -0.05) is 43.3 Å². The Bertz CT molecular complexity index is 1070. The molecule has 1 aromatic heterocycles. The van der Waals surface area contributed by atoms with Gasteiger partial charge >= 0.3 is 0 Å². The monoisotopic (exact) mass is 410 g/mol. The number of nitrogens with zero attached hydrogens (tertiary/aromatic N) is 2. The lowest BCUT2D eigenvalue weighted by Gasteiger charge is -2.11. The number of aryl methyl sites for hydroxylation is 1. The van der Waals surface area contributed by atoms with Crippen molar-refractivity contribution in [3.63, 3.8) is 0 Å². The van der Waals surface area contributed by atoms with E-state index < -0.39 is 5.91 Å². The molecule has 7 nitrogen and oxygen atoms in total. The number of hydrogen-bond acceptors (Lipinski definition) is 5. The normalized spacial score (nSPS) is 10.7. The van der Waals surface area contributed by atoms with Crippen molar-refractivity contribution in [2.45, 2.75) is 31.2 Å². The van der Waals surface area contributed by atoms with Gasteiger partial charge in [0.15, 0.2) is 5.69 Å². The number of amides is 2. The van der Waals surface area contributed by atoms with Crippen molar-refractivity contribution < 1.29 is 9.59 Å². The molecule has 0 saturated heterocycles. The van der Waals surface area contributed by atoms with E-state index in [2.05, 4.69) is 16.0 Å². The molecular formula is C21H22N4O3S. The molecule has 1 heterocycles. The summed E-state index contributed by atoms with van der Waals surface area (Å²) >= 11 is 1.57. The highest BCUT2D eigenvalue weighted by atomic mass is 32.2. The standard InChI is InChI=1S/C21H22N4O3S/c1-2-13-25-21(28)17-11-7-6-10-16(17)19(24-25)20(27)23-22-18(26)12-14-29-15-8-4-3-5-9-15/h3-11H,2,12-14H2,1H3,(H,22,26)(H,23,27). The number of hydrazine groups is 1. The lowest BCUT2D eigenvalue weighted by Crippen LogP contribution is -2.43. The molecule has 2 N–H and O–H groups in total. The van der Waals surface area contributed by atoms with Crippen LogP contribution in [0.4, 0.5) is 0 Å². The van der Waals surface area contributed by atoms with E-state index in [1.54, 1.807) is 36.0 Å². The highest BCUT2D eigenvalue weighted by molar-refractivity contribution is 7.99. The Morgan fingerprint density at radius 3 is 2.41 bits per heavy atom. The van der Waals surface area contributed by atoms with E-state index in [1.165, 1.54) is 4.68 Å². The summed E-state index contributed by atoms with van der Waals surface area (Å²) in [5.74, 6) is -0.267. The van der Waals surface area contributed by atoms with Crippen LogP contribution < -0.4 is 16.4 Å². The smallest absolute Gasteiger partial charge is 0.273 e. The summed E-state index contributed by atoms with van der Waals surface area (Å²) in [4.78, 5) is 38.2. The molecule has 0 radical (unpaired) electrons. The number of thioether (sulfide) groups is 1. The average molecular weight is 410 g/mol. The third-order valence-electron chi connectivity index (χ3n) is 4.17. The zero-order chi connectivity index (χ0) is 20.6. The molecule has 0 bridgehead atoms. The second-order valence-electron chi connectivity index (χ2n) is 6.34. The summed E-state index contributed by atoms with van der Waals surface area (Å²) in [5.41, 5.74) is 4.69. The predicted molar refractivity (Wildman–Crippen MR) is 114 cm³/mol. The fourth-order valence-corrected chi connectivity index (χ4v) is 3.67. The molecule has 8 heteroatoms. The first-order chi connectivity index (χ1) is 14.1. The number of aromatic nitrogens is 2. The van der Waals surface area contributed by atoms with E-state index in [4.69, 9.17) is 0 Å². The number of nitrogens with one attached hydrogen (secondary N) is 2. The molecule has 0 aliphatic rings. The van der Waals surface area contributed by atoms with Crippen LogP contribution in [0.5, 0.6) is 0 Å². The van der Waals surface area contributed by atoms with Crippen molar-refractivity contribution in [1.82, 2.24) is 20.6 Å². The van der Waals surface area contributed by atoms with Crippen molar-refractivity contribution in [2.24, 2.45) is 0 Å². The lowest BCUT2D eigenvalue weighted by molar-refractivity contribution is -0.121. The molecule has 0 aliphatic carbocycles. The zero-order valence-corrected chi connectivity index (χ0v) is 16.9. The summed E-state index contributed by atoms with van der Waals surface area (Å²) in [6.07, 6.45) is 0.964. The van der Waals surface area contributed by atoms with E-state index in [0.29, 0.717) is 29.5 Å². The van der Waals surface area contributed by atoms with Crippen LogP contribution in [0.25, 0.3) is 10.8 Å². The summed E-state index contributed by atoms with van der Waals surface area (Å²) in [5, 5.41) is 5.08. The van der Waals surface area contributed by atoms with Gasteiger partial charge in [-0.2, -0.15) is 5.10 Å². The molecule has 3 rings (SSSR count). The fraction of sp³-hybridized carbons (Fsp3) is 0.238. The summed E-state index contributed by atoms with van der Waals surface area (Å²) in [7, 11) is 0. The number of carbonyl (C=O) groups is 2. The molecule has 0 saturated carbocycles. The van der Waals surface area contributed by atoms with Crippen LogP contribution in [0.3, 0.4) is 0 Å². The molecule has 2 aromatic carbocycles. The van der Waals surface area contributed by atoms with E-state index >= 15 is 0 Å². The quantitative estimate of drug-likeness (QED) is 0.461. The van der Waals surface area contributed by atoms with Crippen molar-refractivity contribution in [1.29, 1.82) is 0 Å². The minimum Gasteiger partial charge on any atom is -0.273 e. The fourth-order valence-electron chi connectivity index (χ4n) is 2.79. The van der Waals surface area contributed by atoms with Crippen LogP contribution in [0.2, 0.25) is 0 Å². The maximum absolute atomic E-state index is 12.6. The first kappa shape index (κ1) is 20.6. The van der Waals surface area contributed by atoms with E-state index in [-0.39, 0.29) is 23.6 Å². The van der Waals surface area contributed by atoms with E-state index in [0.717, 1.165) is 4.90 Å². The van der Waals surface area contributed by atoms with Gasteiger partial charge in [0.1, 0.15) is 0 Å². The number of benzene rings is 2. The lowest BCUT2D eigenvalue weighted by atomic mass is 10.1. The molecule has 0 fully saturated rings. The van der Waals surface area contributed by atoms with Gasteiger partial charge in [-0.3, -0.25) is 25.2 Å². The van der Waals surface area contributed by atoms with Crippen LogP contribution in [0.1, 0.15) is 30.3 Å². The first-order valence-corrected chi connectivity index (χ1v) is 10.4. The molecule has 0 aliphatic heterocycles. The van der Waals surface area contributed by atoms with Gasteiger partial charge in [-0.05, 0) is 24.6 Å². The molecule has 29 heavy (non-hydrogen) atoms. The molecule has 0 atom stereocenters. The number of rotatable bonds is 7. The molecule has 3 aromatic rings. The van der Waals surface area contributed by atoms with Gasteiger partial charge in [0.05, 0.1) is 5.39 Å². The molecule has 2 amide bonds. The Hall–Kier alpha value is -3.13. The van der Waals surface area contributed by atoms with Crippen molar-refractivity contribution in [3.8, 4) is 0 Å². The Morgan fingerprint density at radius 2 is 1.69 bits per heavy atom. The van der Waals surface area contributed by atoms with Crippen LogP contribution in [-0.4, -0.2) is 27.3 Å². The third kappa shape index (κ3) is 5.23. The number of carbonyl (C=O) groups excluding carboxylic acids is 2. The van der Waals surface area contributed by atoms with Gasteiger partial charge < -0.3 is 0 Å². The van der Waals surface area contributed by atoms with E-state index in [9.17, 15) is 14.4 Å². The van der Waals surface area contributed by atoms with Gasteiger partial charge in [-0.15, -0.1) is 11.8 Å². The van der Waals surface area contributed by atoms with Gasteiger partial charge in [-0.25, -0.2) is 4.68 Å². The Balaban J connectivity index is 1.64. The number of fused-ring (bicyclic) bond motifs is 1. The maximum atomic E-state index is 12.6. The largest absolute Gasteiger partial charge is 0.290 e. The van der Waals surface area contributed by atoms with Gasteiger partial charge in [0.25, 0.3) is 11.5 Å². The summed E-state index contributed by atoms with van der Waals surface area (Å²) in [6.45, 7) is 2.34. The Labute approximate surface area is 172 Å². The van der Waals surface area contributed by atoms with Crippen LogP contribution in [0.15, 0.2) is 64.3 Å². The van der Waals surface area contributed by atoms with Crippen molar-refractivity contribution >= 4 is 34.3 Å². The Kier molecular flexibility index (Phi) is 7.02.